The van der Waals surface area contributed by atoms with Gasteiger partial charge in [0.25, 0.3) is 11.8 Å². The summed E-state index contributed by atoms with van der Waals surface area (Å²) in [6.45, 7) is 1.63. The van der Waals surface area contributed by atoms with E-state index in [2.05, 4.69) is 21.2 Å². The molecule has 2 amide bonds. The number of β-amino-alcohol motifs (C(OH)–C–C–N with tert-alkyl or cyclic N) is 1. The lowest BCUT2D eigenvalue weighted by Crippen LogP contribution is -2.34. The highest BCUT2D eigenvalue weighted by atomic mass is 79.9. The number of benzene rings is 1. The van der Waals surface area contributed by atoms with Crippen molar-refractivity contribution in [2.24, 2.45) is 0 Å². The third kappa shape index (κ3) is 3.08. The molecule has 2 N–H and O–H groups in total. The highest BCUT2D eigenvalue weighted by Gasteiger charge is 2.31. The molecule has 6 nitrogen and oxygen atoms in total. The van der Waals surface area contributed by atoms with Crippen LogP contribution in [0.5, 0.6) is 5.75 Å². The van der Waals surface area contributed by atoms with Crippen molar-refractivity contribution >= 4 is 33.4 Å². The van der Waals surface area contributed by atoms with Crippen LogP contribution >= 0.6 is 15.9 Å². The van der Waals surface area contributed by atoms with Crippen LogP contribution in [0.2, 0.25) is 0 Å². The molecule has 0 saturated carbocycles. The number of rotatable bonds is 5. The number of amides is 2. The molecule has 1 aromatic carbocycles. The molecule has 0 fully saturated rings. The molecule has 112 valence electrons. The van der Waals surface area contributed by atoms with Gasteiger partial charge >= 0.3 is 0 Å². The lowest BCUT2D eigenvalue weighted by Gasteiger charge is -2.16. The van der Waals surface area contributed by atoms with Crippen LogP contribution < -0.4 is 10.1 Å². The summed E-state index contributed by atoms with van der Waals surface area (Å²) in [6, 6.07) is 3.69. The molecule has 0 aliphatic carbocycles. The van der Waals surface area contributed by atoms with Gasteiger partial charge in [-0.2, -0.15) is 0 Å². The Balaban J connectivity index is 2.29. The minimum atomic E-state index is -0.469. The van der Waals surface area contributed by atoms with E-state index in [9.17, 15) is 9.59 Å². The molecule has 0 saturated heterocycles. The molecule has 2 rings (SSSR count). The molecule has 1 heterocycles. The number of hydrogen-bond donors (Lipinski definition) is 2. The van der Waals surface area contributed by atoms with Gasteiger partial charge in [-0.3, -0.25) is 14.5 Å². The number of aliphatic hydroxyl groups excluding tert-OH is 1. The standard InChI is InChI=1S/C14H15BrN2O4/c1-8-5-9(15)13(11(6-8)21-2)16-10-7-12(19)17(3-4-18)14(10)20/h5-7,16,18H,3-4H2,1-2H3. The van der Waals surface area contributed by atoms with Gasteiger partial charge in [-0.25, -0.2) is 0 Å². The first-order valence-electron chi connectivity index (χ1n) is 6.27. The maximum Gasteiger partial charge on any atom is 0.277 e. The lowest BCUT2D eigenvalue weighted by molar-refractivity contribution is -0.137. The van der Waals surface area contributed by atoms with Crippen LogP contribution in [-0.4, -0.2) is 42.1 Å². The van der Waals surface area contributed by atoms with Crippen LogP contribution in [0.15, 0.2) is 28.4 Å². The normalized spacial score (nSPS) is 14.5. The van der Waals surface area contributed by atoms with Crippen LogP contribution in [0.25, 0.3) is 0 Å². The number of imide groups is 1. The van der Waals surface area contributed by atoms with Crippen molar-refractivity contribution < 1.29 is 19.4 Å². The van der Waals surface area contributed by atoms with Crippen molar-refractivity contribution in [1.29, 1.82) is 0 Å². The number of anilines is 1. The van der Waals surface area contributed by atoms with E-state index in [0.29, 0.717) is 11.4 Å². The minimum absolute atomic E-state index is 0.0223. The van der Waals surface area contributed by atoms with E-state index < -0.39 is 11.8 Å². The number of ether oxygens (including phenoxy) is 1. The lowest BCUT2D eigenvalue weighted by atomic mass is 10.2. The number of aryl methyl sites for hydroxylation is 1. The highest BCUT2D eigenvalue weighted by molar-refractivity contribution is 9.10. The molecule has 0 aromatic heterocycles. The second-order valence-electron chi connectivity index (χ2n) is 4.53. The molecule has 0 radical (unpaired) electrons. The predicted octanol–water partition coefficient (Wildman–Crippen LogP) is 1.42. The highest BCUT2D eigenvalue weighted by Crippen LogP contribution is 2.35. The van der Waals surface area contributed by atoms with Crippen LogP contribution in [0, 0.1) is 6.92 Å². The van der Waals surface area contributed by atoms with Crippen LogP contribution in [0.3, 0.4) is 0 Å². The van der Waals surface area contributed by atoms with E-state index in [1.807, 2.05) is 19.1 Å². The van der Waals surface area contributed by atoms with E-state index >= 15 is 0 Å². The average Bonchev–Trinajstić information content (AvgIpc) is 2.69. The van der Waals surface area contributed by atoms with Crippen molar-refractivity contribution in [2.75, 3.05) is 25.6 Å². The molecule has 0 atom stereocenters. The van der Waals surface area contributed by atoms with Gasteiger partial charge in [-0.1, -0.05) is 0 Å². The summed E-state index contributed by atoms with van der Waals surface area (Å²) in [6.07, 6.45) is 1.21. The molecule has 0 spiro atoms. The van der Waals surface area contributed by atoms with Gasteiger partial charge in [0.05, 0.1) is 25.9 Å². The third-order valence-electron chi connectivity index (χ3n) is 3.01. The summed E-state index contributed by atoms with van der Waals surface area (Å²) < 4.78 is 6.01. The van der Waals surface area contributed by atoms with Crippen molar-refractivity contribution in [2.45, 2.75) is 6.92 Å². The summed E-state index contributed by atoms with van der Waals surface area (Å²) in [5, 5.41) is 11.8. The summed E-state index contributed by atoms with van der Waals surface area (Å²) in [5.74, 6) is -0.356. The van der Waals surface area contributed by atoms with Crippen molar-refractivity contribution in [3.63, 3.8) is 0 Å². The molecule has 1 aromatic rings. The first-order chi connectivity index (χ1) is 9.97. The zero-order valence-electron chi connectivity index (χ0n) is 11.6. The number of nitrogens with one attached hydrogen (secondary N) is 1. The van der Waals surface area contributed by atoms with Gasteiger partial charge < -0.3 is 15.2 Å². The average molecular weight is 355 g/mol. The summed E-state index contributed by atoms with van der Waals surface area (Å²) >= 11 is 3.41. The van der Waals surface area contributed by atoms with Gasteiger partial charge in [0, 0.05) is 10.5 Å². The summed E-state index contributed by atoms with van der Waals surface area (Å²) in [5.41, 5.74) is 1.71. The number of carbonyl (C=O) groups is 2. The number of nitrogens with zero attached hydrogens (tertiary/aromatic N) is 1. The maximum atomic E-state index is 12.1. The molecule has 1 aliphatic heterocycles. The number of aliphatic hydroxyl groups is 1. The second kappa shape index (κ2) is 6.28. The molecular formula is C14H15BrN2O4. The first kappa shape index (κ1) is 15.5. The summed E-state index contributed by atoms with van der Waals surface area (Å²) in [4.78, 5) is 24.8. The Hall–Kier alpha value is -1.86. The Morgan fingerprint density at radius 3 is 2.71 bits per heavy atom. The topological polar surface area (TPSA) is 78.9 Å². The molecule has 1 aliphatic rings. The molecule has 7 heteroatoms. The van der Waals surface area contributed by atoms with Gasteiger partial charge in [0.2, 0.25) is 0 Å². The quantitative estimate of drug-likeness (QED) is 0.782. The molecule has 0 unspecified atom stereocenters. The second-order valence-corrected chi connectivity index (χ2v) is 5.38. The molecular weight excluding hydrogens is 340 g/mol. The predicted molar refractivity (Wildman–Crippen MR) is 80.9 cm³/mol. The fourth-order valence-corrected chi connectivity index (χ4v) is 2.69. The third-order valence-corrected chi connectivity index (χ3v) is 3.64. The van der Waals surface area contributed by atoms with Gasteiger partial charge in [-0.05, 0) is 40.5 Å². The van der Waals surface area contributed by atoms with Crippen LogP contribution in [0.1, 0.15) is 5.56 Å². The maximum absolute atomic E-state index is 12.1. The van der Waals surface area contributed by atoms with Crippen molar-refractivity contribution in [3.8, 4) is 5.75 Å². The minimum Gasteiger partial charge on any atom is -0.495 e. The van der Waals surface area contributed by atoms with Gasteiger partial charge in [0.15, 0.2) is 0 Å². The van der Waals surface area contributed by atoms with Crippen LogP contribution in [-0.2, 0) is 9.59 Å². The summed E-state index contributed by atoms with van der Waals surface area (Å²) in [7, 11) is 1.53. The Bertz CT molecular complexity index is 628. The zero-order valence-corrected chi connectivity index (χ0v) is 13.2. The number of carbonyl (C=O) groups excluding carboxylic acids is 2. The van der Waals surface area contributed by atoms with E-state index in [0.717, 1.165) is 14.9 Å². The van der Waals surface area contributed by atoms with E-state index in [4.69, 9.17) is 9.84 Å². The van der Waals surface area contributed by atoms with Gasteiger partial charge in [-0.15, -0.1) is 0 Å². The Kier molecular flexibility index (Phi) is 4.64. The van der Waals surface area contributed by atoms with Gasteiger partial charge in [0.1, 0.15) is 11.4 Å². The fourth-order valence-electron chi connectivity index (χ4n) is 2.04. The Morgan fingerprint density at radius 2 is 2.10 bits per heavy atom. The van der Waals surface area contributed by atoms with E-state index in [-0.39, 0.29) is 18.8 Å². The van der Waals surface area contributed by atoms with Crippen molar-refractivity contribution in [1.82, 2.24) is 4.90 Å². The molecule has 0 bridgehead atoms. The largest absolute Gasteiger partial charge is 0.495 e. The fraction of sp³-hybridized carbons (Fsp3) is 0.286. The number of methoxy groups -OCH3 is 1. The number of hydrogen-bond acceptors (Lipinski definition) is 5. The molecule has 21 heavy (non-hydrogen) atoms. The number of halogens is 1. The SMILES string of the molecule is COc1cc(C)cc(Br)c1NC1=CC(=O)N(CCO)C1=O. The van der Waals surface area contributed by atoms with Crippen LogP contribution in [0.4, 0.5) is 5.69 Å². The van der Waals surface area contributed by atoms with Crippen molar-refractivity contribution in [3.05, 3.63) is 33.9 Å². The monoisotopic (exact) mass is 354 g/mol. The van der Waals surface area contributed by atoms with E-state index in [1.165, 1.54) is 13.2 Å². The van der Waals surface area contributed by atoms with E-state index in [1.54, 1.807) is 0 Å². The Morgan fingerprint density at radius 1 is 1.38 bits per heavy atom. The first-order valence-corrected chi connectivity index (χ1v) is 7.06. The smallest absolute Gasteiger partial charge is 0.277 e. The zero-order chi connectivity index (χ0) is 15.6. The Labute approximate surface area is 130 Å².